The van der Waals surface area contributed by atoms with Gasteiger partial charge in [-0.3, -0.25) is 0 Å². The van der Waals surface area contributed by atoms with E-state index in [-0.39, 0.29) is 11.4 Å². The molecule has 1 aliphatic rings. The van der Waals surface area contributed by atoms with Crippen molar-refractivity contribution in [2.45, 2.75) is 17.6 Å². The third kappa shape index (κ3) is 3.32. The van der Waals surface area contributed by atoms with E-state index in [9.17, 15) is 8.42 Å². The number of benzene rings is 3. The van der Waals surface area contributed by atoms with Crippen LogP contribution >= 0.6 is 23.2 Å². The number of hydrogen-bond acceptors (Lipinski definition) is 3. The Bertz CT molecular complexity index is 1090. The Balaban J connectivity index is 1.88. The average Bonchev–Trinajstić information content (AvgIpc) is 2.67. The van der Waals surface area contributed by atoms with Crippen LogP contribution in [-0.2, 0) is 16.6 Å². The molecule has 4 nitrogen and oxygen atoms in total. The van der Waals surface area contributed by atoms with Crippen LogP contribution in [0.1, 0.15) is 17.3 Å². The average molecular weight is 419 g/mol. The zero-order chi connectivity index (χ0) is 19.0. The van der Waals surface area contributed by atoms with Gasteiger partial charge in [-0.2, -0.15) is 4.31 Å². The van der Waals surface area contributed by atoms with Gasteiger partial charge in [-0.1, -0.05) is 77.8 Å². The van der Waals surface area contributed by atoms with Gasteiger partial charge in [0, 0.05) is 12.1 Å². The summed E-state index contributed by atoms with van der Waals surface area (Å²) in [7, 11) is -3.74. The molecule has 0 unspecified atom stereocenters. The fourth-order valence-electron chi connectivity index (χ4n) is 3.20. The molecule has 1 N–H and O–H groups in total. The lowest BCUT2D eigenvalue weighted by atomic mass is 10.1. The molecular weight excluding hydrogens is 403 g/mol. The van der Waals surface area contributed by atoms with E-state index >= 15 is 0 Å². The zero-order valence-corrected chi connectivity index (χ0v) is 16.5. The van der Waals surface area contributed by atoms with E-state index in [0.29, 0.717) is 21.3 Å². The van der Waals surface area contributed by atoms with Crippen LogP contribution in [0.5, 0.6) is 0 Å². The second-order valence-corrected chi connectivity index (χ2v) is 8.87. The Morgan fingerprint density at radius 2 is 1.59 bits per heavy atom. The van der Waals surface area contributed by atoms with E-state index in [2.05, 4.69) is 5.32 Å². The molecule has 1 aliphatic heterocycles. The number of anilines is 1. The molecule has 0 aliphatic carbocycles. The van der Waals surface area contributed by atoms with Crippen molar-refractivity contribution in [3.63, 3.8) is 0 Å². The van der Waals surface area contributed by atoms with Gasteiger partial charge in [0.2, 0.25) is 10.0 Å². The summed E-state index contributed by atoms with van der Waals surface area (Å²) in [4.78, 5) is 0.246. The van der Waals surface area contributed by atoms with Crippen molar-refractivity contribution in [3.8, 4) is 0 Å². The predicted octanol–water partition coefficient (Wildman–Crippen LogP) is 5.31. The first-order chi connectivity index (χ1) is 13.0. The summed E-state index contributed by atoms with van der Waals surface area (Å²) in [5.74, 6) is 0. The summed E-state index contributed by atoms with van der Waals surface area (Å²) >= 11 is 12.6. The Kier molecular flexibility index (Phi) is 4.86. The first kappa shape index (κ1) is 18.3. The number of nitrogens with zero attached hydrogens (tertiary/aromatic N) is 1. The number of halogens is 2. The smallest absolute Gasteiger partial charge is 0.247 e. The van der Waals surface area contributed by atoms with Gasteiger partial charge in [-0.05, 0) is 23.8 Å². The maximum Gasteiger partial charge on any atom is 0.247 e. The minimum absolute atomic E-state index is 0.206. The highest BCUT2D eigenvalue weighted by molar-refractivity contribution is 7.89. The largest absolute Gasteiger partial charge is 0.364 e. The summed E-state index contributed by atoms with van der Waals surface area (Å²) in [5.41, 5.74) is 2.03. The summed E-state index contributed by atoms with van der Waals surface area (Å²) < 4.78 is 28.2. The van der Waals surface area contributed by atoms with Crippen LogP contribution in [0.2, 0.25) is 10.0 Å². The lowest BCUT2D eigenvalue weighted by Crippen LogP contribution is -2.42. The first-order valence-corrected chi connectivity index (χ1v) is 10.5. The predicted molar refractivity (Wildman–Crippen MR) is 108 cm³/mol. The fourth-order valence-corrected chi connectivity index (χ4v) is 5.28. The molecule has 138 valence electrons. The van der Waals surface area contributed by atoms with Gasteiger partial charge in [0.05, 0.1) is 15.7 Å². The van der Waals surface area contributed by atoms with E-state index in [1.54, 1.807) is 42.5 Å². The lowest BCUT2D eigenvalue weighted by Gasteiger charge is -2.37. The van der Waals surface area contributed by atoms with Crippen LogP contribution in [0, 0.1) is 0 Å². The van der Waals surface area contributed by atoms with E-state index in [4.69, 9.17) is 23.2 Å². The van der Waals surface area contributed by atoms with Gasteiger partial charge in [-0.15, -0.1) is 0 Å². The van der Waals surface area contributed by atoms with Crippen molar-refractivity contribution in [1.29, 1.82) is 0 Å². The number of rotatable bonds is 3. The van der Waals surface area contributed by atoms with Gasteiger partial charge in [0.1, 0.15) is 11.1 Å². The van der Waals surface area contributed by atoms with Crippen LogP contribution in [0.15, 0.2) is 77.7 Å². The normalized spacial score (nSPS) is 18.5. The van der Waals surface area contributed by atoms with E-state index in [1.807, 2.05) is 30.3 Å². The summed E-state index contributed by atoms with van der Waals surface area (Å²) in [6, 6.07) is 21.5. The molecule has 0 fully saturated rings. The third-order valence-electron chi connectivity index (χ3n) is 4.51. The minimum Gasteiger partial charge on any atom is -0.364 e. The number of hydrogen-bond donors (Lipinski definition) is 1. The molecule has 0 saturated heterocycles. The van der Waals surface area contributed by atoms with Crippen molar-refractivity contribution >= 4 is 38.9 Å². The van der Waals surface area contributed by atoms with Gasteiger partial charge < -0.3 is 5.32 Å². The molecule has 1 heterocycles. The SMILES string of the molecule is O=S1(=O)c2ccccc2N[C@H](c2cccc(Cl)c2Cl)N1Cc1ccccc1. The maximum absolute atomic E-state index is 13.4. The van der Waals surface area contributed by atoms with Crippen molar-refractivity contribution in [2.75, 3.05) is 5.32 Å². The Hall–Kier alpha value is -2.05. The second-order valence-electron chi connectivity index (χ2n) is 6.22. The fraction of sp³-hybridized carbons (Fsp3) is 0.100. The number of nitrogens with one attached hydrogen (secondary N) is 1. The maximum atomic E-state index is 13.4. The van der Waals surface area contributed by atoms with E-state index in [0.717, 1.165) is 5.56 Å². The molecule has 0 radical (unpaired) electrons. The van der Waals surface area contributed by atoms with Gasteiger partial charge >= 0.3 is 0 Å². The number of para-hydroxylation sites is 1. The highest BCUT2D eigenvalue weighted by atomic mass is 35.5. The Labute approximate surface area is 168 Å². The quantitative estimate of drug-likeness (QED) is 0.626. The van der Waals surface area contributed by atoms with Crippen molar-refractivity contribution < 1.29 is 8.42 Å². The minimum atomic E-state index is -3.74. The summed E-state index contributed by atoms with van der Waals surface area (Å²) in [6.07, 6.45) is -0.670. The van der Waals surface area contributed by atoms with Crippen LogP contribution in [0.4, 0.5) is 5.69 Å². The molecule has 0 aromatic heterocycles. The summed E-state index contributed by atoms with van der Waals surface area (Å²) in [6.45, 7) is 0.206. The van der Waals surface area contributed by atoms with E-state index < -0.39 is 16.2 Å². The van der Waals surface area contributed by atoms with E-state index in [1.165, 1.54) is 4.31 Å². The highest BCUT2D eigenvalue weighted by Gasteiger charge is 2.39. The number of sulfonamides is 1. The number of fused-ring (bicyclic) bond motifs is 1. The second kappa shape index (κ2) is 7.17. The molecule has 0 amide bonds. The van der Waals surface area contributed by atoms with Gasteiger partial charge in [-0.25, -0.2) is 8.42 Å². The molecule has 1 atom stereocenters. The topological polar surface area (TPSA) is 49.4 Å². The first-order valence-electron chi connectivity index (χ1n) is 8.34. The molecule has 3 aromatic carbocycles. The molecule has 3 aromatic rings. The van der Waals surface area contributed by atoms with Crippen LogP contribution in [0.25, 0.3) is 0 Å². The van der Waals surface area contributed by atoms with Gasteiger partial charge in [0.15, 0.2) is 0 Å². The molecule has 0 spiro atoms. The highest BCUT2D eigenvalue weighted by Crippen LogP contribution is 2.42. The molecule has 0 bridgehead atoms. The van der Waals surface area contributed by atoms with Gasteiger partial charge in [0.25, 0.3) is 0 Å². The van der Waals surface area contributed by atoms with Crippen molar-refractivity contribution in [1.82, 2.24) is 4.31 Å². The van der Waals surface area contributed by atoms with Crippen molar-refractivity contribution in [2.24, 2.45) is 0 Å². The van der Waals surface area contributed by atoms with Crippen LogP contribution < -0.4 is 5.32 Å². The molecule has 0 saturated carbocycles. The van der Waals surface area contributed by atoms with Crippen molar-refractivity contribution in [3.05, 3.63) is 94.0 Å². The zero-order valence-electron chi connectivity index (χ0n) is 14.1. The molecule has 4 rings (SSSR count). The Morgan fingerprint density at radius 1 is 0.889 bits per heavy atom. The third-order valence-corrected chi connectivity index (χ3v) is 7.21. The standard InChI is InChI=1S/C20H16Cl2N2O2S/c21-16-10-6-9-15(19(16)22)20-23-17-11-4-5-12-18(17)27(25,26)24(20)13-14-7-2-1-3-8-14/h1-12,20,23H,13H2/t20-/m0/s1. The van der Waals surface area contributed by atoms with Crippen LogP contribution in [-0.4, -0.2) is 12.7 Å². The molecule has 27 heavy (non-hydrogen) atoms. The van der Waals surface area contributed by atoms with Crippen LogP contribution in [0.3, 0.4) is 0 Å². The molecular formula is C20H16Cl2N2O2S. The lowest BCUT2D eigenvalue weighted by molar-refractivity contribution is 0.336. The Morgan fingerprint density at radius 3 is 2.37 bits per heavy atom. The summed E-state index contributed by atoms with van der Waals surface area (Å²) in [5, 5.41) is 4.03. The monoisotopic (exact) mass is 418 g/mol. The molecule has 7 heteroatoms.